The topological polar surface area (TPSA) is 64.0 Å². The van der Waals surface area contributed by atoms with Crippen LogP contribution in [0.3, 0.4) is 0 Å². The molecule has 0 aliphatic carbocycles. The average molecular weight is 478 g/mol. The number of benzene rings is 3. The number of hydrogen-bond donors (Lipinski definition) is 1. The molecule has 0 fully saturated rings. The molecule has 0 spiro atoms. The van der Waals surface area contributed by atoms with Crippen LogP contribution in [0.4, 0.5) is 5.69 Å². The Hall–Kier alpha value is -3.09. The van der Waals surface area contributed by atoms with Gasteiger partial charge < -0.3 is 5.32 Å². The minimum Gasteiger partial charge on any atom is -0.325 e. The maximum absolute atomic E-state index is 13.4. The number of nitrogens with zero attached hydrogens (tertiary/aromatic N) is 2. The van der Waals surface area contributed by atoms with E-state index in [9.17, 15) is 9.59 Å². The minimum atomic E-state index is -0.193. The molecular weight excluding hydrogens is 454 g/mol. The number of carbonyl (C=O) groups excluding carboxylic acids is 1. The summed E-state index contributed by atoms with van der Waals surface area (Å²) in [5.41, 5.74) is 4.94. The molecule has 168 valence electrons. The van der Waals surface area contributed by atoms with Crippen LogP contribution in [-0.4, -0.2) is 21.2 Å². The normalized spacial score (nSPS) is 11.0. The molecule has 0 bridgehead atoms. The van der Waals surface area contributed by atoms with Crippen LogP contribution in [-0.2, 0) is 11.2 Å². The van der Waals surface area contributed by atoms with Gasteiger partial charge in [-0.25, -0.2) is 4.98 Å². The van der Waals surface area contributed by atoms with E-state index in [4.69, 9.17) is 16.6 Å². The zero-order valence-electron chi connectivity index (χ0n) is 18.7. The van der Waals surface area contributed by atoms with Gasteiger partial charge in [0.05, 0.1) is 22.3 Å². The van der Waals surface area contributed by atoms with Gasteiger partial charge in [-0.3, -0.25) is 14.2 Å². The molecule has 0 saturated heterocycles. The van der Waals surface area contributed by atoms with Gasteiger partial charge in [0.1, 0.15) is 0 Å². The first kappa shape index (κ1) is 23.1. The van der Waals surface area contributed by atoms with Gasteiger partial charge in [-0.15, -0.1) is 0 Å². The SMILES string of the molecule is CCc1cccc(C)c1NC(=O)CSc1nc2cc(Cl)ccc2c(=O)n1-c1ccccc1C. The molecule has 0 aliphatic rings. The average Bonchev–Trinajstić information content (AvgIpc) is 2.79. The highest BCUT2D eigenvalue weighted by Crippen LogP contribution is 2.26. The van der Waals surface area contributed by atoms with Crippen molar-refractivity contribution in [3.63, 3.8) is 0 Å². The van der Waals surface area contributed by atoms with E-state index in [0.29, 0.717) is 21.1 Å². The lowest BCUT2D eigenvalue weighted by atomic mass is 10.1. The molecule has 1 heterocycles. The summed E-state index contributed by atoms with van der Waals surface area (Å²) in [5.74, 6) is -0.0391. The quantitative estimate of drug-likeness (QED) is 0.275. The zero-order chi connectivity index (χ0) is 23.5. The fourth-order valence-electron chi connectivity index (χ4n) is 3.77. The van der Waals surface area contributed by atoms with Gasteiger partial charge in [-0.05, 0) is 61.2 Å². The summed E-state index contributed by atoms with van der Waals surface area (Å²) in [6.07, 6.45) is 0.824. The Bertz CT molecular complexity index is 1410. The Morgan fingerprint density at radius 1 is 1.06 bits per heavy atom. The number of aryl methyl sites for hydroxylation is 3. The molecule has 1 aromatic heterocycles. The molecule has 0 saturated carbocycles. The summed E-state index contributed by atoms with van der Waals surface area (Å²) >= 11 is 7.38. The Morgan fingerprint density at radius 2 is 1.82 bits per heavy atom. The number of anilines is 1. The molecule has 4 aromatic rings. The van der Waals surface area contributed by atoms with Crippen molar-refractivity contribution >= 4 is 45.9 Å². The lowest BCUT2D eigenvalue weighted by Crippen LogP contribution is -2.23. The fourth-order valence-corrected chi connectivity index (χ4v) is 4.74. The van der Waals surface area contributed by atoms with Crippen LogP contribution in [0.5, 0.6) is 0 Å². The number of hydrogen-bond acceptors (Lipinski definition) is 4. The van der Waals surface area contributed by atoms with Crippen molar-refractivity contribution in [3.8, 4) is 5.69 Å². The van der Waals surface area contributed by atoms with Crippen LogP contribution in [0.15, 0.2) is 70.6 Å². The van der Waals surface area contributed by atoms with Crippen LogP contribution in [0.2, 0.25) is 5.02 Å². The molecule has 33 heavy (non-hydrogen) atoms. The number of carbonyl (C=O) groups is 1. The highest BCUT2D eigenvalue weighted by molar-refractivity contribution is 7.99. The van der Waals surface area contributed by atoms with Crippen LogP contribution in [0, 0.1) is 13.8 Å². The lowest BCUT2D eigenvalue weighted by Gasteiger charge is -2.16. The summed E-state index contributed by atoms with van der Waals surface area (Å²) < 4.78 is 1.58. The monoisotopic (exact) mass is 477 g/mol. The molecule has 0 atom stereocenters. The Balaban J connectivity index is 1.71. The maximum Gasteiger partial charge on any atom is 0.266 e. The third-order valence-corrected chi connectivity index (χ3v) is 6.67. The second-order valence-corrected chi connectivity index (χ2v) is 9.16. The minimum absolute atomic E-state index is 0.113. The summed E-state index contributed by atoms with van der Waals surface area (Å²) in [7, 11) is 0. The van der Waals surface area contributed by atoms with E-state index in [1.165, 1.54) is 11.8 Å². The van der Waals surface area contributed by atoms with Crippen molar-refractivity contribution in [2.75, 3.05) is 11.1 Å². The second kappa shape index (κ2) is 9.81. The fraction of sp³-hybridized carbons (Fsp3) is 0.192. The summed E-state index contributed by atoms with van der Waals surface area (Å²) in [6.45, 7) is 5.98. The van der Waals surface area contributed by atoms with Crippen molar-refractivity contribution in [3.05, 3.63) is 92.7 Å². The molecule has 1 amide bonds. The maximum atomic E-state index is 13.4. The molecular formula is C26H24ClN3O2S. The van der Waals surface area contributed by atoms with Gasteiger partial charge in [0.2, 0.25) is 5.91 Å². The van der Waals surface area contributed by atoms with Crippen molar-refractivity contribution < 1.29 is 4.79 Å². The predicted octanol–water partition coefficient (Wildman–Crippen LogP) is 5.95. The second-order valence-electron chi connectivity index (χ2n) is 7.78. The summed E-state index contributed by atoms with van der Waals surface area (Å²) in [4.78, 5) is 31.0. The molecule has 0 aliphatic heterocycles. The summed E-state index contributed by atoms with van der Waals surface area (Å²) in [6, 6.07) is 18.7. The molecule has 1 N–H and O–H groups in total. The number of halogens is 1. The third kappa shape index (κ3) is 4.82. The number of para-hydroxylation sites is 2. The van der Waals surface area contributed by atoms with E-state index in [2.05, 4.69) is 12.2 Å². The van der Waals surface area contributed by atoms with Gasteiger partial charge in [0, 0.05) is 10.7 Å². The van der Waals surface area contributed by atoms with E-state index < -0.39 is 0 Å². The predicted molar refractivity (Wildman–Crippen MR) is 137 cm³/mol. The lowest BCUT2D eigenvalue weighted by molar-refractivity contribution is -0.113. The van der Waals surface area contributed by atoms with Crippen LogP contribution < -0.4 is 10.9 Å². The molecule has 3 aromatic carbocycles. The van der Waals surface area contributed by atoms with E-state index in [1.54, 1.807) is 22.8 Å². The van der Waals surface area contributed by atoms with Crippen LogP contribution >= 0.6 is 23.4 Å². The number of nitrogens with one attached hydrogen (secondary N) is 1. The van der Waals surface area contributed by atoms with Crippen molar-refractivity contribution in [1.29, 1.82) is 0 Å². The third-order valence-electron chi connectivity index (χ3n) is 5.49. The van der Waals surface area contributed by atoms with Gasteiger partial charge >= 0.3 is 0 Å². The highest BCUT2D eigenvalue weighted by Gasteiger charge is 2.17. The van der Waals surface area contributed by atoms with Crippen molar-refractivity contribution in [2.24, 2.45) is 0 Å². The van der Waals surface area contributed by atoms with Crippen LogP contribution in [0.25, 0.3) is 16.6 Å². The Kier molecular flexibility index (Phi) is 6.86. The number of amides is 1. The van der Waals surface area contributed by atoms with Crippen LogP contribution in [0.1, 0.15) is 23.6 Å². The first-order valence-electron chi connectivity index (χ1n) is 10.7. The smallest absolute Gasteiger partial charge is 0.266 e. The van der Waals surface area contributed by atoms with Crippen molar-refractivity contribution in [1.82, 2.24) is 9.55 Å². The van der Waals surface area contributed by atoms with Gasteiger partial charge in [0.25, 0.3) is 5.56 Å². The van der Waals surface area contributed by atoms with Gasteiger partial charge in [-0.1, -0.05) is 66.7 Å². The zero-order valence-corrected chi connectivity index (χ0v) is 20.3. The summed E-state index contributed by atoms with van der Waals surface area (Å²) in [5, 5.41) is 4.46. The molecule has 0 radical (unpaired) electrons. The number of rotatable bonds is 6. The first-order valence-corrected chi connectivity index (χ1v) is 12.0. The van der Waals surface area contributed by atoms with E-state index in [0.717, 1.165) is 34.5 Å². The number of thioether (sulfide) groups is 1. The molecule has 7 heteroatoms. The Morgan fingerprint density at radius 3 is 2.58 bits per heavy atom. The highest BCUT2D eigenvalue weighted by atomic mass is 35.5. The van der Waals surface area contributed by atoms with E-state index in [-0.39, 0.29) is 17.2 Å². The Labute approximate surface area is 201 Å². The largest absolute Gasteiger partial charge is 0.325 e. The molecule has 4 rings (SSSR count). The van der Waals surface area contributed by atoms with E-state index in [1.807, 2.05) is 56.3 Å². The van der Waals surface area contributed by atoms with Crippen molar-refractivity contribution in [2.45, 2.75) is 32.3 Å². The molecule has 0 unspecified atom stereocenters. The standard InChI is InChI=1S/C26H24ClN3O2S/c1-4-18-10-7-9-17(3)24(18)29-23(31)15-33-26-28-21-14-19(27)12-13-20(21)25(32)30(26)22-11-6-5-8-16(22)2/h5-14H,4,15H2,1-3H3,(H,29,31). The van der Waals surface area contributed by atoms with E-state index >= 15 is 0 Å². The van der Waals surface area contributed by atoms with Gasteiger partial charge in [-0.2, -0.15) is 0 Å². The van der Waals surface area contributed by atoms with Gasteiger partial charge in [0.15, 0.2) is 5.16 Å². The number of aromatic nitrogens is 2. The first-order chi connectivity index (χ1) is 15.9. The molecule has 5 nitrogen and oxygen atoms in total. The number of fused-ring (bicyclic) bond motifs is 1.